The summed E-state index contributed by atoms with van der Waals surface area (Å²) in [4.78, 5) is 4.22. The van der Waals surface area contributed by atoms with Crippen LogP contribution in [0.3, 0.4) is 0 Å². The first-order chi connectivity index (χ1) is 7.61. The van der Waals surface area contributed by atoms with Crippen LogP contribution in [0.25, 0.3) is 0 Å². The minimum atomic E-state index is -5.84. The quantitative estimate of drug-likeness (QED) is 0.431. The van der Waals surface area contributed by atoms with E-state index < -0.39 is 15.6 Å². The third-order valence-corrected chi connectivity index (χ3v) is 2.74. The second kappa shape index (κ2) is 4.86. The zero-order chi connectivity index (χ0) is 13.3. The number of nitrogens with zero attached hydrogens (tertiary/aromatic N) is 2. The highest BCUT2D eigenvalue weighted by Crippen LogP contribution is 2.20. The smallest absolute Gasteiger partial charge is 0.334 e. The van der Waals surface area contributed by atoms with Gasteiger partial charge in [0.15, 0.2) is 0 Å². The zero-order valence-corrected chi connectivity index (χ0v) is 10.1. The molecular weight excluding hydrogens is 281 g/mol. The first-order valence-electron chi connectivity index (χ1n) is 4.40. The van der Waals surface area contributed by atoms with Crippen molar-refractivity contribution in [3.05, 3.63) is 12.0 Å². The van der Waals surface area contributed by atoms with Gasteiger partial charge in [-0.05, 0) is 6.42 Å². The van der Waals surface area contributed by atoms with Crippen LogP contribution in [0.2, 0.25) is 0 Å². The molecule has 0 spiro atoms. The fourth-order valence-corrected chi connectivity index (χ4v) is 1.49. The van der Waals surface area contributed by atoms with Gasteiger partial charge in [0, 0.05) is 19.2 Å². The van der Waals surface area contributed by atoms with Crippen LogP contribution in [0.15, 0.2) is 11.2 Å². The van der Waals surface area contributed by atoms with E-state index in [1.54, 1.807) is 0 Å². The van der Waals surface area contributed by atoms with Crippen molar-refractivity contribution >= 4 is 22.7 Å². The molecular formula is C7H9F3N2O3S2. The molecule has 5 nitrogen and oxygen atoms in total. The summed E-state index contributed by atoms with van der Waals surface area (Å²) >= 11 is 4.13. The Morgan fingerprint density at radius 1 is 1.47 bits per heavy atom. The number of hydrogen-bond acceptors (Lipinski definition) is 4. The maximum Gasteiger partial charge on any atom is 0.522 e. The van der Waals surface area contributed by atoms with Crippen LogP contribution in [-0.4, -0.2) is 28.0 Å². The van der Waals surface area contributed by atoms with Crippen molar-refractivity contribution in [3.8, 4) is 0 Å². The van der Waals surface area contributed by atoms with E-state index in [-0.39, 0.29) is 0 Å². The molecule has 0 aromatic carbocycles. The molecule has 0 aliphatic carbocycles. The second-order valence-electron chi connectivity index (χ2n) is 3.23. The van der Waals surface area contributed by atoms with Gasteiger partial charge in [-0.1, -0.05) is 0 Å². The van der Waals surface area contributed by atoms with Crippen molar-refractivity contribution in [1.29, 1.82) is 0 Å². The molecule has 10 heteroatoms. The van der Waals surface area contributed by atoms with E-state index in [0.29, 0.717) is 0 Å². The van der Waals surface area contributed by atoms with Gasteiger partial charge in [0.25, 0.3) is 0 Å². The van der Waals surface area contributed by atoms with Crippen LogP contribution in [0.5, 0.6) is 0 Å². The van der Waals surface area contributed by atoms with Crippen molar-refractivity contribution in [2.24, 2.45) is 0 Å². The summed E-state index contributed by atoms with van der Waals surface area (Å²) in [6.45, 7) is 1.13. The van der Waals surface area contributed by atoms with Gasteiger partial charge in [-0.25, -0.2) is 4.98 Å². The Kier molecular flexibility index (Phi) is 4.10. The topological polar surface area (TPSA) is 72.2 Å². The number of hydrogen-bond donors (Lipinski definition) is 2. The first-order valence-corrected chi connectivity index (χ1v) is 6.29. The van der Waals surface area contributed by atoms with Crippen LogP contribution >= 0.6 is 12.6 Å². The molecule has 0 bridgehead atoms. The lowest BCUT2D eigenvalue weighted by molar-refractivity contribution is -0.0510. The van der Waals surface area contributed by atoms with Crippen molar-refractivity contribution < 1.29 is 26.1 Å². The monoisotopic (exact) mass is 290 g/mol. The Labute approximate surface area is 101 Å². The molecule has 1 aliphatic heterocycles. The summed E-state index contributed by atoms with van der Waals surface area (Å²) in [7, 11) is -5.84. The Morgan fingerprint density at radius 3 is 2.41 bits per heavy atom. The largest absolute Gasteiger partial charge is 0.522 e. The fraction of sp³-hybridized carbons (Fsp3) is 0.571. The third kappa shape index (κ3) is 3.89. The van der Waals surface area contributed by atoms with E-state index in [1.807, 2.05) is 6.20 Å². The molecule has 1 N–H and O–H groups in total. The van der Waals surface area contributed by atoms with Gasteiger partial charge in [-0.3, -0.25) is 4.55 Å². The average molecular weight is 290 g/mol. The maximum absolute atomic E-state index is 10.7. The number of imidazole rings is 1. The van der Waals surface area contributed by atoms with Crippen LogP contribution in [0, 0.1) is 0 Å². The standard InChI is InChI=1S/C6H8N2S.CHF3O3S/c9-6-4-8-3-1-2-5(8)7-6;2-1(3,4)8(5,6)7/h4,9H,1-3H2;(H,5,6,7). The number of rotatable bonds is 0. The van der Waals surface area contributed by atoms with Gasteiger partial charge in [0.05, 0.1) is 0 Å². The summed E-state index contributed by atoms with van der Waals surface area (Å²) < 4.78 is 59.7. The van der Waals surface area contributed by atoms with E-state index in [9.17, 15) is 13.2 Å². The van der Waals surface area contributed by atoms with E-state index in [2.05, 4.69) is 22.2 Å². The number of halogens is 3. The number of aromatic nitrogens is 2. The molecule has 2 heterocycles. The van der Waals surface area contributed by atoms with Gasteiger partial charge >= 0.3 is 15.6 Å². The molecule has 0 atom stereocenters. The summed E-state index contributed by atoms with van der Waals surface area (Å²) in [5.74, 6) is 1.19. The van der Waals surface area contributed by atoms with Crippen molar-refractivity contribution in [2.75, 3.05) is 0 Å². The van der Waals surface area contributed by atoms with E-state index in [0.717, 1.165) is 18.0 Å². The van der Waals surface area contributed by atoms with E-state index in [1.165, 1.54) is 12.2 Å². The van der Waals surface area contributed by atoms with Crippen LogP contribution < -0.4 is 0 Å². The lowest BCUT2D eigenvalue weighted by atomic mass is 10.4. The van der Waals surface area contributed by atoms with Gasteiger partial charge in [-0.15, -0.1) is 12.6 Å². The first kappa shape index (κ1) is 14.3. The lowest BCUT2D eigenvalue weighted by Crippen LogP contribution is -2.21. The molecule has 1 aliphatic rings. The molecule has 2 rings (SSSR count). The predicted molar refractivity (Wildman–Crippen MR) is 55.4 cm³/mol. The molecule has 1 aromatic heterocycles. The number of aryl methyl sites for hydroxylation is 2. The minimum absolute atomic E-state index is 0.852. The molecule has 17 heavy (non-hydrogen) atoms. The highest BCUT2D eigenvalue weighted by Gasteiger charge is 2.44. The molecule has 0 amide bonds. The van der Waals surface area contributed by atoms with Gasteiger partial charge in [0.2, 0.25) is 0 Å². The molecule has 0 fully saturated rings. The second-order valence-corrected chi connectivity index (χ2v) is 5.10. The molecule has 0 radical (unpaired) electrons. The summed E-state index contributed by atoms with van der Waals surface area (Å²) in [5, 5.41) is 0.852. The Morgan fingerprint density at radius 2 is 2.00 bits per heavy atom. The summed E-state index contributed by atoms with van der Waals surface area (Å²) in [6.07, 6.45) is 4.36. The Bertz CT molecular complexity index is 473. The molecule has 0 unspecified atom stereocenters. The SMILES string of the molecule is O=S(=O)(O)C(F)(F)F.Sc1cn2c(n1)CCC2. The van der Waals surface area contributed by atoms with Gasteiger partial charge in [-0.2, -0.15) is 21.6 Å². The molecule has 98 valence electrons. The van der Waals surface area contributed by atoms with E-state index in [4.69, 9.17) is 13.0 Å². The molecule has 0 saturated carbocycles. The lowest BCUT2D eigenvalue weighted by Gasteiger charge is -1.97. The maximum atomic E-state index is 10.7. The normalized spacial score (nSPS) is 15.1. The van der Waals surface area contributed by atoms with Crippen LogP contribution in [0.4, 0.5) is 13.2 Å². The summed E-state index contributed by atoms with van der Waals surface area (Å²) in [5.41, 5.74) is -5.53. The summed E-state index contributed by atoms with van der Waals surface area (Å²) in [6, 6.07) is 0. The predicted octanol–water partition coefficient (Wildman–Crippen LogP) is 1.51. The van der Waals surface area contributed by atoms with Crippen molar-refractivity contribution in [3.63, 3.8) is 0 Å². The molecule has 0 saturated heterocycles. The minimum Gasteiger partial charge on any atom is -0.334 e. The highest BCUT2D eigenvalue weighted by atomic mass is 32.2. The van der Waals surface area contributed by atoms with Gasteiger partial charge < -0.3 is 4.57 Å². The highest BCUT2D eigenvalue weighted by molar-refractivity contribution is 7.86. The number of alkyl halides is 3. The van der Waals surface area contributed by atoms with Crippen LogP contribution in [-0.2, 0) is 23.1 Å². The zero-order valence-electron chi connectivity index (χ0n) is 8.35. The third-order valence-electron chi connectivity index (χ3n) is 1.94. The van der Waals surface area contributed by atoms with Crippen LogP contribution in [0.1, 0.15) is 12.2 Å². The average Bonchev–Trinajstić information content (AvgIpc) is 2.60. The van der Waals surface area contributed by atoms with Crippen molar-refractivity contribution in [1.82, 2.24) is 9.55 Å². The van der Waals surface area contributed by atoms with Gasteiger partial charge in [0.1, 0.15) is 10.9 Å². The van der Waals surface area contributed by atoms with E-state index >= 15 is 0 Å². The fourth-order valence-electron chi connectivity index (χ4n) is 1.24. The van der Waals surface area contributed by atoms with Crippen molar-refractivity contribution in [2.45, 2.75) is 29.9 Å². The number of thiol groups is 1. The Hall–Kier alpha value is -0.740. The molecule has 1 aromatic rings. The Balaban J connectivity index is 0.000000172. The number of fused-ring (bicyclic) bond motifs is 1.